The Labute approximate surface area is 159 Å². The van der Waals surface area contributed by atoms with E-state index >= 15 is 0 Å². The minimum absolute atomic E-state index is 0.0394. The molecule has 0 aromatic carbocycles. The molecule has 7 nitrogen and oxygen atoms in total. The van der Waals surface area contributed by atoms with Crippen LogP contribution in [0.5, 0.6) is 0 Å². The van der Waals surface area contributed by atoms with Crippen LogP contribution in [-0.4, -0.2) is 28.9 Å². The molecule has 3 heterocycles. The van der Waals surface area contributed by atoms with E-state index in [4.69, 9.17) is 11.6 Å². The number of nitrogens with zero attached hydrogens (tertiary/aromatic N) is 3. The summed E-state index contributed by atoms with van der Waals surface area (Å²) in [5.41, 5.74) is 1.03. The fraction of sp³-hybridized carbons (Fsp3) is 0.188. The van der Waals surface area contributed by atoms with Gasteiger partial charge in [-0.05, 0) is 35.6 Å². The lowest BCUT2D eigenvalue weighted by Gasteiger charge is -2.05. The zero-order chi connectivity index (χ0) is 18.9. The number of aryl methyl sites for hydroxylation is 2. The van der Waals surface area contributed by atoms with E-state index in [9.17, 15) is 13.2 Å². The molecular weight excluding hydrogens is 396 g/mol. The molecule has 0 saturated carbocycles. The summed E-state index contributed by atoms with van der Waals surface area (Å²) in [6.45, 7) is 1.85. The van der Waals surface area contributed by atoms with E-state index in [0.717, 1.165) is 11.3 Å². The van der Waals surface area contributed by atoms with Crippen molar-refractivity contribution in [3.63, 3.8) is 0 Å². The second-order valence-corrected chi connectivity index (χ2v) is 8.62. The molecule has 0 radical (unpaired) electrons. The normalized spacial score (nSPS) is 11.5. The van der Waals surface area contributed by atoms with Crippen LogP contribution in [0.15, 0.2) is 40.2 Å². The second-order valence-electron chi connectivity index (χ2n) is 5.42. The first-order valence-corrected chi connectivity index (χ1v) is 10.4. The summed E-state index contributed by atoms with van der Waals surface area (Å²) in [7, 11) is -2.28. The van der Waals surface area contributed by atoms with Gasteiger partial charge >= 0.3 is 0 Å². The van der Waals surface area contributed by atoms with Gasteiger partial charge in [0.2, 0.25) is 0 Å². The van der Waals surface area contributed by atoms with Gasteiger partial charge in [-0.25, -0.2) is 18.1 Å². The van der Waals surface area contributed by atoms with Crippen molar-refractivity contribution in [2.24, 2.45) is 7.05 Å². The van der Waals surface area contributed by atoms with Crippen LogP contribution in [0.4, 0.5) is 0 Å². The third kappa shape index (κ3) is 3.50. The molecule has 0 unspecified atom stereocenters. The minimum Gasteiger partial charge on any atom is -0.332 e. The maximum atomic E-state index is 12.5. The number of imidazole rings is 1. The van der Waals surface area contributed by atoms with Gasteiger partial charge in [-0.1, -0.05) is 18.5 Å². The summed E-state index contributed by atoms with van der Waals surface area (Å²) in [6, 6.07) is 5.07. The molecule has 3 rings (SSSR count). The van der Waals surface area contributed by atoms with Crippen LogP contribution in [0.25, 0.3) is 11.5 Å². The van der Waals surface area contributed by atoms with Crippen molar-refractivity contribution in [1.29, 1.82) is 0 Å². The first-order chi connectivity index (χ1) is 12.3. The van der Waals surface area contributed by atoms with Gasteiger partial charge in [0.05, 0.1) is 5.02 Å². The number of hydrogen-bond donors (Lipinski definition) is 1. The van der Waals surface area contributed by atoms with Crippen molar-refractivity contribution in [1.82, 2.24) is 19.3 Å². The molecule has 0 aliphatic rings. The van der Waals surface area contributed by atoms with Crippen LogP contribution in [0.2, 0.25) is 5.02 Å². The fourth-order valence-corrected chi connectivity index (χ4v) is 5.11. The number of nitrogens with one attached hydrogen (secondary N) is 1. The van der Waals surface area contributed by atoms with Crippen molar-refractivity contribution in [2.75, 3.05) is 0 Å². The molecule has 0 saturated heterocycles. The monoisotopic (exact) mass is 410 g/mol. The first kappa shape index (κ1) is 18.6. The SMILES string of the molecule is CCc1ccsc1S(=O)(=O)NC(=O)c1cn(C)c(-c2ncccc2Cl)n1. The lowest BCUT2D eigenvalue weighted by atomic mass is 10.3. The largest absolute Gasteiger partial charge is 0.332 e. The number of amides is 1. The fourth-order valence-electron chi connectivity index (χ4n) is 2.39. The Morgan fingerprint density at radius 1 is 1.38 bits per heavy atom. The number of aromatic nitrogens is 3. The molecule has 0 bridgehead atoms. The second kappa shape index (κ2) is 7.18. The van der Waals surface area contributed by atoms with Crippen molar-refractivity contribution in [3.05, 3.63) is 52.3 Å². The molecule has 1 N–H and O–H groups in total. The Hall–Kier alpha value is -2.23. The molecule has 1 amide bonds. The average Bonchev–Trinajstić information content (AvgIpc) is 3.22. The molecule has 0 atom stereocenters. The number of rotatable bonds is 5. The molecule has 136 valence electrons. The van der Waals surface area contributed by atoms with E-state index in [0.29, 0.717) is 28.5 Å². The van der Waals surface area contributed by atoms with Crippen LogP contribution < -0.4 is 4.72 Å². The molecule has 26 heavy (non-hydrogen) atoms. The van der Waals surface area contributed by atoms with Gasteiger partial charge in [0, 0.05) is 19.4 Å². The maximum absolute atomic E-state index is 12.5. The molecule has 0 aliphatic carbocycles. The Balaban J connectivity index is 1.90. The number of hydrogen-bond acceptors (Lipinski definition) is 6. The topological polar surface area (TPSA) is 94.0 Å². The molecule has 0 fully saturated rings. The highest BCUT2D eigenvalue weighted by atomic mass is 35.5. The number of carbonyl (C=O) groups is 1. The predicted octanol–water partition coefficient (Wildman–Crippen LogP) is 2.88. The van der Waals surface area contributed by atoms with E-state index < -0.39 is 15.9 Å². The van der Waals surface area contributed by atoms with Gasteiger partial charge < -0.3 is 4.57 Å². The van der Waals surface area contributed by atoms with Gasteiger partial charge in [0.25, 0.3) is 15.9 Å². The minimum atomic E-state index is -3.96. The van der Waals surface area contributed by atoms with Gasteiger partial charge in [0.1, 0.15) is 15.6 Å². The zero-order valence-corrected chi connectivity index (χ0v) is 16.3. The van der Waals surface area contributed by atoms with Crippen LogP contribution in [0, 0.1) is 0 Å². The maximum Gasteiger partial charge on any atom is 0.285 e. The summed E-state index contributed by atoms with van der Waals surface area (Å²) in [6.07, 6.45) is 3.54. The van der Waals surface area contributed by atoms with Crippen LogP contribution >= 0.6 is 22.9 Å². The lowest BCUT2D eigenvalue weighted by molar-refractivity contribution is 0.0977. The third-order valence-corrected chi connectivity index (χ3v) is 6.84. The molecule has 3 aromatic rings. The molecule has 3 aromatic heterocycles. The Morgan fingerprint density at radius 3 is 2.85 bits per heavy atom. The third-order valence-electron chi connectivity index (χ3n) is 3.64. The number of carbonyl (C=O) groups excluding carboxylic acids is 1. The van der Waals surface area contributed by atoms with Gasteiger partial charge in [0.15, 0.2) is 5.82 Å². The molecule has 0 aliphatic heterocycles. The number of sulfonamides is 1. The Kier molecular flexibility index (Phi) is 5.12. The van der Waals surface area contributed by atoms with E-state index in [1.165, 1.54) is 6.20 Å². The molecular formula is C16H15ClN4O3S2. The molecule has 10 heteroatoms. The van der Waals surface area contributed by atoms with Crippen LogP contribution in [0.3, 0.4) is 0 Å². The van der Waals surface area contributed by atoms with Crippen LogP contribution in [-0.2, 0) is 23.5 Å². The highest BCUT2D eigenvalue weighted by Crippen LogP contribution is 2.25. The van der Waals surface area contributed by atoms with E-state index in [2.05, 4.69) is 14.7 Å². The van der Waals surface area contributed by atoms with E-state index in [1.54, 1.807) is 41.4 Å². The number of pyridine rings is 1. The van der Waals surface area contributed by atoms with Crippen molar-refractivity contribution >= 4 is 38.9 Å². The van der Waals surface area contributed by atoms with E-state index in [-0.39, 0.29) is 9.90 Å². The molecule has 0 spiro atoms. The Bertz CT molecular complexity index is 1070. The summed E-state index contributed by atoms with van der Waals surface area (Å²) in [5, 5.41) is 2.06. The first-order valence-electron chi connectivity index (χ1n) is 7.61. The van der Waals surface area contributed by atoms with Gasteiger partial charge in [-0.3, -0.25) is 9.78 Å². The number of halogens is 1. The summed E-state index contributed by atoms with van der Waals surface area (Å²) in [5.74, 6) is -0.446. The lowest BCUT2D eigenvalue weighted by Crippen LogP contribution is -2.30. The van der Waals surface area contributed by atoms with Gasteiger partial charge in [-0.15, -0.1) is 11.3 Å². The standard InChI is InChI=1S/C16H15ClN4O3S2/c1-3-10-6-8-25-16(10)26(23,24)20-15(22)12-9-21(2)14(19-12)13-11(17)5-4-7-18-13/h4-9H,3H2,1-2H3,(H,20,22). The highest BCUT2D eigenvalue weighted by molar-refractivity contribution is 7.92. The Morgan fingerprint density at radius 2 is 2.15 bits per heavy atom. The number of thiophene rings is 1. The van der Waals surface area contributed by atoms with Crippen molar-refractivity contribution in [2.45, 2.75) is 17.6 Å². The summed E-state index contributed by atoms with van der Waals surface area (Å²) in [4.78, 5) is 20.8. The van der Waals surface area contributed by atoms with Crippen molar-refractivity contribution < 1.29 is 13.2 Å². The quantitative estimate of drug-likeness (QED) is 0.697. The predicted molar refractivity (Wildman–Crippen MR) is 99.8 cm³/mol. The van der Waals surface area contributed by atoms with Crippen LogP contribution in [0.1, 0.15) is 23.0 Å². The van der Waals surface area contributed by atoms with Gasteiger partial charge in [-0.2, -0.15) is 0 Å². The smallest absolute Gasteiger partial charge is 0.285 e. The summed E-state index contributed by atoms with van der Waals surface area (Å²) >= 11 is 7.19. The highest BCUT2D eigenvalue weighted by Gasteiger charge is 2.25. The van der Waals surface area contributed by atoms with Crippen molar-refractivity contribution in [3.8, 4) is 11.5 Å². The van der Waals surface area contributed by atoms with E-state index in [1.807, 2.05) is 6.92 Å². The average molecular weight is 411 g/mol. The zero-order valence-electron chi connectivity index (χ0n) is 13.9. The summed E-state index contributed by atoms with van der Waals surface area (Å²) < 4.78 is 28.7.